The Kier molecular flexibility index (Phi) is 6.21. The molecule has 0 aliphatic carbocycles. The molecule has 0 saturated heterocycles. The Morgan fingerprint density at radius 2 is 1.89 bits per heavy atom. The van der Waals surface area contributed by atoms with E-state index < -0.39 is 11.6 Å². The zero-order valence-electron chi connectivity index (χ0n) is 11.3. The summed E-state index contributed by atoms with van der Waals surface area (Å²) in [6.07, 6.45) is 1.02. The van der Waals surface area contributed by atoms with Crippen LogP contribution in [0.5, 0.6) is 0 Å². The van der Waals surface area contributed by atoms with Gasteiger partial charge in [0.25, 0.3) is 0 Å². The molecule has 0 radical (unpaired) electrons. The van der Waals surface area contributed by atoms with Crippen molar-refractivity contribution in [1.29, 1.82) is 0 Å². The summed E-state index contributed by atoms with van der Waals surface area (Å²) in [6.45, 7) is 3.15. The summed E-state index contributed by atoms with van der Waals surface area (Å²) in [4.78, 5) is 6.53. The van der Waals surface area contributed by atoms with E-state index in [0.717, 1.165) is 6.21 Å². The van der Waals surface area contributed by atoms with Gasteiger partial charge in [-0.25, -0.2) is 8.78 Å². The highest BCUT2D eigenvalue weighted by Crippen LogP contribution is 2.20. The number of ether oxygens (including phenoxy) is 1. The van der Waals surface area contributed by atoms with Gasteiger partial charge < -0.3 is 14.5 Å². The summed E-state index contributed by atoms with van der Waals surface area (Å²) in [5, 5.41) is 3.50. The number of nitrogens with zero attached hydrogens (tertiary/aromatic N) is 2. The van der Waals surface area contributed by atoms with E-state index in [1.54, 1.807) is 11.9 Å². The molecule has 1 rings (SSSR count). The maximum atomic E-state index is 13.7. The number of rotatable bonds is 7. The quantitative estimate of drug-likeness (QED) is 0.434. The first-order valence-corrected chi connectivity index (χ1v) is 5.94. The van der Waals surface area contributed by atoms with Crippen molar-refractivity contribution in [2.24, 2.45) is 5.16 Å². The Balaban J connectivity index is 2.79. The van der Waals surface area contributed by atoms with Crippen LogP contribution in [0.3, 0.4) is 0 Å². The lowest BCUT2D eigenvalue weighted by atomic mass is 10.2. The lowest BCUT2D eigenvalue weighted by molar-refractivity contribution is 0.0759. The lowest BCUT2D eigenvalue weighted by Crippen LogP contribution is -2.16. The van der Waals surface area contributed by atoms with Gasteiger partial charge in [-0.1, -0.05) is 5.16 Å². The standard InChI is InChI=1S/C13H18F2N2O2/c1-4-17(2)10-7-12(14)11(13(15)8-10)9-16-19-6-5-18-3/h7-9H,4-6H2,1-3H3/b16-9-. The normalized spacial score (nSPS) is 11.0. The smallest absolute Gasteiger partial charge is 0.140 e. The van der Waals surface area contributed by atoms with Gasteiger partial charge in [0.05, 0.1) is 18.4 Å². The highest BCUT2D eigenvalue weighted by Gasteiger charge is 2.11. The van der Waals surface area contributed by atoms with E-state index in [0.29, 0.717) is 18.8 Å². The highest BCUT2D eigenvalue weighted by molar-refractivity contribution is 5.80. The van der Waals surface area contributed by atoms with Crippen LogP contribution in [-0.4, -0.2) is 40.1 Å². The van der Waals surface area contributed by atoms with Gasteiger partial charge in [0.1, 0.15) is 18.2 Å². The van der Waals surface area contributed by atoms with E-state index in [1.165, 1.54) is 19.2 Å². The van der Waals surface area contributed by atoms with E-state index >= 15 is 0 Å². The third kappa shape index (κ3) is 4.48. The fourth-order valence-corrected chi connectivity index (χ4v) is 1.36. The Morgan fingerprint density at radius 3 is 2.42 bits per heavy atom. The molecule has 106 valence electrons. The second-order valence-electron chi connectivity index (χ2n) is 3.90. The minimum Gasteiger partial charge on any atom is -0.393 e. The van der Waals surface area contributed by atoms with E-state index in [2.05, 4.69) is 5.16 Å². The summed E-state index contributed by atoms with van der Waals surface area (Å²) in [7, 11) is 3.28. The van der Waals surface area contributed by atoms with Crippen LogP contribution in [-0.2, 0) is 9.57 Å². The largest absolute Gasteiger partial charge is 0.393 e. The lowest BCUT2D eigenvalue weighted by Gasteiger charge is -2.17. The molecule has 0 aromatic heterocycles. The van der Waals surface area contributed by atoms with Crippen molar-refractivity contribution in [1.82, 2.24) is 0 Å². The number of hydrogen-bond acceptors (Lipinski definition) is 4. The van der Waals surface area contributed by atoms with Crippen LogP contribution in [0.4, 0.5) is 14.5 Å². The third-order valence-corrected chi connectivity index (χ3v) is 2.61. The van der Waals surface area contributed by atoms with Crippen molar-refractivity contribution in [2.75, 3.05) is 38.8 Å². The van der Waals surface area contributed by atoms with Gasteiger partial charge in [-0.3, -0.25) is 0 Å². The van der Waals surface area contributed by atoms with Gasteiger partial charge in [0.15, 0.2) is 0 Å². The van der Waals surface area contributed by atoms with Crippen LogP contribution < -0.4 is 4.90 Å². The van der Waals surface area contributed by atoms with E-state index in [9.17, 15) is 8.78 Å². The predicted octanol–water partition coefficient (Wildman–Crippen LogP) is 2.42. The van der Waals surface area contributed by atoms with Crippen LogP contribution in [0.25, 0.3) is 0 Å². The van der Waals surface area contributed by atoms with Crippen molar-refractivity contribution in [3.8, 4) is 0 Å². The van der Waals surface area contributed by atoms with Crippen molar-refractivity contribution >= 4 is 11.9 Å². The molecule has 0 atom stereocenters. The van der Waals surface area contributed by atoms with E-state index in [1.807, 2.05) is 6.92 Å². The zero-order chi connectivity index (χ0) is 14.3. The Bertz CT molecular complexity index is 416. The molecular weight excluding hydrogens is 254 g/mol. The molecule has 0 aliphatic rings. The first kappa shape index (κ1) is 15.4. The average molecular weight is 272 g/mol. The predicted molar refractivity (Wildman–Crippen MR) is 70.7 cm³/mol. The minimum absolute atomic E-state index is 0.217. The second kappa shape index (κ2) is 7.68. The van der Waals surface area contributed by atoms with Gasteiger partial charge in [-0.15, -0.1) is 0 Å². The number of anilines is 1. The number of methoxy groups -OCH3 is 1. The maximum absolute atomic E-state index is 13.7. The molecule has 0 heterocycles. The topological polar surface area (TPSA) is 34.1 Å². The minimum atomic E-state index is -0.672. The first-order valence-electron chi connectivity index (χ1n) is 5.94. The molecule has 0 saturated carbocycles. The molecule has 0 fully saturated rings. The molecule has 1 aromatic rings. The van der Waals surface area contributed by atoms with Crippen LogP contribution in [0, 0.1) is 11.6 Å². The van der Waals surface area contributed by atoms with Gasteiger partial charge in [-0.2, -0.15) is 0 Å². The molecule has 0 amide bonds. The summed E-state index contributed by atoms with van der Waals surface area (Å²) in [5.74, 6) is -1.34. The van der Waals surface area contributed by atoms with Gasteiger partial charge in [-0.05, 0) is 19.1 Å². The van der Waals surface area contributed by atoms with Crippen molar-refractivity contribution in [2.45, 2.75) is 6.92 Å². The first-order chi connectivity index (χ1) is 9.10. The monoisotopic (exact) mass is 272 g/mol. The molecule has 19 heavy (non-hydrogen) atoms. The third-order valence-electron chi connectivity index (χ3n) is 2.61. The average Bonchev–Trinajstić information content (AvgIpc) is 2.40. The second-order valence-corrected chi connectivity index (χ2v) is 3.90. The fraction of sp³-hybridized carbons (Fsp3) is 0.462. The van der Waals surface area contributed by atoms with Gasteiger partial charge in [0.2, 0.25) is 0 Å². The zero-order valence-corrected chi connectivity index (χ0v) is 11.3. The molecule has 6 heteroatoms. The fourth-order valence-electron chi connectivity index (χ4n) is 1.36. The van der Waals surface area contributed by atoms with Crippen LogP contribution >= 0.6 is 0 Å². The Hall–Kier alpha value is -1.69. The molecule has 0 spiro atoms. The Morgan fingerprint density at radius 1 is 1.26 bits per heavy atom. The number of oxime groups is 1. The molecule has 0 aliphatic heterocycles. The summed E-state index contributed by atoms with van der Waals surface area (Å²) in [6, 6.07) is 2.53. The molecule has 4 nitrogen and oxygen atoms in total. The van der Waals surface area contributed by atoms with Crippen LogP contribution in [0.1, 0.15) is 12.5 Å². The molecule has 0 N–H and O–H groups in total. The summed E-state index contributed by atoms with van der Waals surface area (Å²) in [5.41, 5.74) is 0.264. The van der Waals surface area contributed by atoms with Gasteiger partial charge >= 0.3 is 0 Å². The van der Waals surface area contributed by atoms with Crippen molar-refractivity contribution in [3.05, 3.63) is 29.3 Å². The number of hydrogen-bond donors (Lipinski definition) is 0. The maximum Gasteiger partial charge on any atom is 0.140 e. The number of halogens is 2. The summed E-state index contributed by atoms with van der Waals surface area (Å²) < 4.78 is 32.2. The molecule has 0 unspecified atom stereocenters. The van der Waals surface area contributed by atoms with Crippen LogP contribution in [0.2, 0.25) is 0 Å². The number of benzene rings is 1. The van der Waals surface area contributed by atoms with Crippen molar-refractivity contribution in [3.63, 3.8) is 0 Å². The highest BCUT2D eigenvalue weighted by atomic mass is 19.1. The molecule has 1 aromatic carbocycles. The van der Waals surface area contributed by atoms with Crippen LogP contribution in [0.15, 0.2) is 17.3 Å². The van der Waals surface area contributed by atoms with Gasteiger partial charge in [0, 0.05) is 26.4 Å². The molecule has 0 bridgehead atoms. The Labute approximate surface area is 111 Å². The molecular formula is C13H18F2N2O2. The van der Waals surface area contributed by atoms with E-state index in [4.69, 9.17) is 9.57 Å². The van der Waals surface area contributed by atoms with Crippen molar-refractivity contribution < 1.29 is 18.4 Å². The summed E-state index contributed by atoms with van der Waals surface area (Å²) >= 11 is 0. The van der Waals surface area contributed by atoms with E-state index in [-0.39, 0.29) is 12.2 Å². The SMILES string of the molecule is CCN(C)c1cc(F)c(/C=N\OCCOC)c(F)c1.